The van der Waals surface area contributed by atoms with E-state index >= 15 is 0 Å². The van der Waals surface area contributed by atoms with E-state index in [4.69, 9.17) is 9.15 Å². The summed E-state index contributed by atoms with van der Waals surface area (Å²) in [5.41, 5.74) is 0.461. The Morgan fingerprint density at radius 3 is 2.56 bits per heavy atom. The SMILES string of the molecule is CC.CC(C)(C)OC(=O)N1CCC(c2nnc(C3=CC=CCC=C3)o2)CC1. The van der Waals surface area contributed by atoms with Crippen LogP contribution in [0.3, 0.4) is 0 Å². The van der Waals surface area contributed by atoms with Gasteiger partial charge < -0.3 is 14.1 Å². The molecule has 148 valence electrons. The third-order valence-electron chi connectivity index (χ3n) is 4.16. The molecule has 1 saturated heterocycles. The van der Waals surface area contributed by atoms with Gasteiger partial charge in [0.05, 0.1) is 0 Å². The Labute approximate surface area is 162 Å². The molecule has 0 spiro atoms. The molecule has 27 heavy (non-hydrogen) atoms. The number of allylic oxidation sites excluding steroid dienone is 6. The van der Waals surface area contributed by atoms with Crippen molar-refractivity contribution in [1.29, 1.82) is 0 Å². The fraction of sp³-hybridized carbons (Fsp3) is 0.571. The molecule has 0 radical (unpaired) electrons. The highest BCUT2D eigenvalue weighted by atomic mass is 16.6. The average molecular weight is 373 g/mol. The Morgan fingerprint density at radius 2 is 1.89 bits per heavy atom. The minimum atomic E-state index is -0.469. The Morgan fingerprint density at radius 1 is 1.19 bits per heavy atom. The van der Waals surface area contributed by atoms with Gasteiger partial charge in [-0.1, -0.05) is 38.2 Å². The molecular formula is C21H31N3O3. The van der Waals surface area contributed by atoms with Gasteiger partial charge in [0.2, 0.25) is 11.8 Å². The van der Waals surface area contributed by atoms with Gasteiger partial charge in [-0.2, -0.15) is 0 Å². The van der Waals surface area contributed by atoms with E-state index in [0.29, 0.717) is 24.9 Å². The number of hydrogen-bond donors (Lipinski definition) is 0. The van der Waals surface area contributed by atoms with Gasteiger partial charge in [-0.15, -0.1) is 10.2 Å². The third kappa shape index (κ3) is 6.08. The monoisotopic (exact) mass is 373 g/mol. The van der Waals surface area contributed by atoms with E-state index in [0.717, 1.165) is 24.8 Å². The Kier molecular flexibility index (Phi) is 7.39. The summed E-state index contributed by atoms with van der Waals surface area (Å²) in [6, 6.07) is 0. The van der Waals surface area contributed by atoms with Gasteiger partial charge in [0.25, 0.3) is 0 Å². The zero-order chi connectivity index (χ0) is 19.9. The standard InChI is InChI=1S/C19H25N3O3.C2H6/c1-19(2,3)25-18(23)22-12-10-15(11-13-22)17-21-20-16(24-17)14-8-6-4-5-7-9-14;1-2/h4,6-9,15H,5,10-13H2,1-3H3;1-2H3. The number of nitrogens with zero attached hydrogens (tertiary/aromatic N) is 3. The van der Waals surface area contributed by atoms with E-state index in [1.54, 1.807) is 4.90 Å². The molecule has 2 heterocycles. The van der Waals surface area contributed by atoms with Crippen LogP contribution in [0.5, 0.6) is 0 Å². The van der Waals surface area contributed by atoms with E-state index in [-0.39, 0.29) is 12.0 Å². The summed E-state index contributed by atoms with van der Waals surface area (Å²) in [6.07, 6.45) is 12.4. The lowest BCUT2D eigenvalue weighted by molar-refractivity contribution is 0.0199. The number of piperidine rings is 1. The molecule has 0 N–H and O–H groups in total. The van der Waals surface area contributed by atoms with Crippen LogP contribution in [0.2, 0.25) is 0 Å². The number of carbonyl (C=O) groups is 1. The first kappa shape index (κ1) is 20.9. The first-order chi connectivity index (χ1) is 12.9. The number of ether oxygens (including phenoxy) is 1. The molecular weight excluding hydrogens is 342 g/mol. The second-order valence-corrected chi connectivity index (χ2v) is 7.38. The lowest BCUT2D eigenvalue weighted by atomic mass is 9.97. The lowest BCUT2D eigenvalue weighted by Gasteiger charge is -2.32. The number of hydrogen-bond acceptors (Lipinski definition) is 5. The number of carbonyl (C=O) groups excluding carboxylic acids is 1. The molecule has 1 amide bonds. The van der Waals surface area contributed by atoms with Crippen molar-refractivity contribution < 1.29 is 13.9 Å². The van der Waals surface area contributed by atoms with Crippen molar-refractivity contribution in [3.05, 3.63) is 42.2 Å². The molecule has 1 aromatic rings. The summed E-state index contributed by atoms with van der Waals surface area (Å²) in [5.74, 6) is 1.39. The van der Waals surface area contributed by atoms with E-state index in [9.17, 15) is 4.79 Å². The first-order valence-electron chi connectivity index (χ1n) is 9.77. The molecule has 6 nitrogen and oxygen atoms in total. The van der Waals surface area contributed by atoms with Crippen LogP contribution in [0.25, 0.3) is 5.57 Å². The molecule has 0 bridgehead atoms. The van der Waals surface area contributed by atoms with Gasteiger partial charge in [-0.25, -0.2) is 4.79 Å². The normalized spacial score (nSPS) is 17.7. The van der Waals surface area contributed by atoms with Crippen LogP contribution in [-0.4, -0.2) is 39.9 Å². The van der Waals surface area contributed by atoms with Crippen LogP contribution >= 0.6 is 0 Å². The van der Waals surface area contributed by atoms with Crippen LogP contribution in [0.15, 0.2) is 34.8 Å². The van der Waals surface area contributed by atoms with Crippen molar-refractivity contribution in [2.24, 2.45) is 0 Å². The van der Waals surface area contributed by atoms with Gasteiger partial charge in [0, 0.05) is 24.6 Å². The maximum Gasteiger partial charge on any atom is 0.410 e. The minimum Gasteiger partial charge on any atom is -0.444 e. The topological polar surface area (TPSA) is 68.5 Å². The quantitative estimate of drug-likeness (QED) is 0.720. The van der Waals surface area contributed by atoms with Crippen molar-refractivity contribution in [3.63, 3.8) is 0 Å². The molecule has 1 aliphatic carbocycles. The van der Waals surface area contributed by atoms with Crippen molar-refractivity contribution >= 4 is 11.7 Å². The number of rotatable bonds is 2. The predicted octanol–water partition coefficient (Wildman–Crippen LogP) is 5.11. The maximum absolute atomic E-state index is 12.1. The molecule has 3 rings (SSSR count). The molecule has 0 saturated carbocycles. The predicted molar refractivity (Wildman–Crippen MR) is 106 cm³/mol. The molecule has 6 heteroatoms. The largest absolute Gasteiger partial charge is 0.444 e. The van der Waals surface area contributed by atoms with Gasteiger partial charge >= 0.3 is 6.09 Å². The van der Waals surface area contributed by atoms with E-state index < -0.39 is 5.60 Å². The van der Waals surface area contributed by atoms with Crippen molar-refractivity contribution in [1.82, 2.24) is 15.1 Å². The van der Waals surface area contributed by atoms with Crippen LogP contribution in [0, 0.1) is 0 Å². The molecule has 0 aromatic carbocycles. The number of likely N-dealkylation sites (tertiary alicyclic amines) is 1. The van der Waals surface area contributed by atoms with Gasteiger partial charge in [-0.05, 0) is 46.1 Å². The zero-order valence-electron chi connectivity index (χ0n) is 17.1. The van der Waals surface area contributed by atoms with Crippen LogP contribution in [-0.2, 0) is 4.74 Å². The summed E-state index contributed by atoms with van der Waals surface area (Å²) >= 11 is 0. The second-order valence-electron chi connectivity index (χ2n) is 7.38. The molecule has 2 aliphatic rings. The summed E-state index contributed by atoms with van der Waals surface area (Å²) in [5, 5.41) is 8.41. The highest BCUT2D eigenvalue weighted by Gasteiger charge is 2.30. The zero-order valence-corrected chi connectivity index (χ0v) is 17.1. The summed E-state index contributed by atoms with van der Waals surface area (Å²) in [7, 11) is 0. The number of amides is 1. The third-order valence-corrected chi connectivity index (χ3v) is 4.16. The fourth-order valence-electron chi connectivity index (χ4n) is 2.87. The Bertz CT molecular complexity index is 702. The molecule has 1 aliphatic heterocycles. The van der Waals surface area contributed by atoms with Crippen LogP contribution < -0.4 is 0 Å². The van der Waals surface area contributed by atoms with E-state index in [1.807, 2.05) is 52.8 Å². The highest BCUT2D eigenvalue weighted by molar-refractivity contribution is 5.70. The van der Waals surface area contributed by atoms with Crippen LogP contribution in [0.4, 0.5) is 4.79 Å². The fourth-order valence-corrected chi connectivity index (χ4v) is 2.87. The smallest absolute Gasteiger partial charge is 0.410 e. The highest BCUT2D eigenvalue weighted by Crippen LogP contribution is 2.29. The second kappa shape index (κ2) is 9.53. The molecule has 0 unspecified atom stereocenters. The Balaban J connectivity index is 0.00000126. The summed E-state index contributed by atoms with van der Waals surface area (Å²) < 4.78 is 11.3. The summed E-state index contributed by atoms with van der Waals surface area (Å²) in [6.45, 7) is 10.9. The molecule has 1 fully saturated rings. The number of aromatic nitrogens is 2. The average Bonchev–Trinajstić information content (AvgIpc) is 2.98. The van der Waals surface area contributed by atoms with Gasteiger partial charge in [-0.3, -0.25) is 0 Å². The molecule has 1 aromatic heterocycles. The van der Waals surface area contributed by atoms with Crippen LogP contribution in [0.1, 0.15) is 71.6 Å². The van der Waals surface area contributed by atoms with Crippen molar-refractivity contribution in [2.45, 2.75) is 65.4 Å². The van der Waals surface area contributed by atoms with Gasteiger partial charge in [0.15, 0.2) is 0 Å². The van der Waals surface area contributed by atoms with E-state index in [1.165, 1.54) is 0 Å². The first-order valence-corrected chi connectivity index (χ1v) is 9.77. The lowest BCUT2D eigenvalue weighted by Crippen LogP contribution is -2.41. The van der Waals surface area contributed by atoms with Crippen molar-refractivity contribution in [2.75, 3.05) is 13.1 Å². The van der Waals surface area contributed by atoms with E-state index in [2.05, 4.69) is 22.3 Å². The summed E-state index contributed by atoms with van der Waals surface area (Å²) in [4.78, 5) is 13.9. The maximum atomic E-state index is 12.1. The van der Waals surface area contributed by atoms with Crippen molar-refractivity contribution in [3.8, 4) is 0 Å². The minimum absolute atomic E-state index is 0.186. The van der Waals surface area contributed by atoms with Gasteiger partial charge in [0.1, 0.15) is 5.60 Å². The molecule has 0 atom stereocenters. The Hall–Kier alpha value is -2.37.